The van der Waals surface area contributed by atoms with Gasteiger partial charge in [0.1, 0.15) is 4.21 Å². The van der Waals surface area contributed by atoms with E-state index in [1.807, 2.05) is 37.3 Å². The van der Waals surface area contributed by atoms with Crippen LogP contribution in [-0.4, -0.2) is 13.4 Å². The fourth-order valence-electron chi connectivity index (χ4n) is 2.05. The predicted molar refractivity (Wildman–Crippen MR) is 89.5 cm³/mol. The van der Waals surface area contributed by atoms with E-state index in [1.54, 1.807) is 24.4 Å². The molecule has 3 rings (SSSR count). The fourth-order valence-corrected chi connectivity index (χ4v) is 4.36. The van der Waals surface area contributed by atoms with Gasteiger partial charge in [-0.2, -0.15) is 0 Å². The number of rotatable bonds is 4. The molecule has 2 aromatic heterocycles. The van der Waals surface area contributed by atoms with Crippen molar-refractivity contribution < 1.29 is 8.42 Å². The molecule has 1 aromatic carbocycles. The molecule has 112 valence electrons. The fraction of sp³-hybridized carbons (Fsp3) is 0.0625. The zero-order valence-electron chi connectivity index (χ0n) is 11.9. The van der Waals surface area contributed by atoms with Crippen LogP contribution in [0.4, 0.5) is 5.69 Å². The van der Waals surface area contributed by atoms with Crippen molar-refractivity contribution in [2.45, 2.75) is 11.1 Å². The Balaban J connectivity index is 1.90. The molecule has 1 N–H and O–H groups in total. The van der Waals surface area contributed by atoms with E-state index in [1.165, 1.54) is 17.5 Å². The van der Waals surface area contributed by atoms with Crippen LogP contribution in [0.25, 0.3) is 11.1 Å². The van der Waals surface area contributed by atoms with Crippen molar-refractivity contribution in [3.63, 3.8) is 0 Å². The average Bonchev–Trinajstić information content (AvgIpc) is 2.96. The van der Waals surface area contributed by atoms with Gasteiger partial charge in [0.25, 0.3) is 10.0 Å². The number of sulfonamides is 1. The number of anilines is 1. The number of hydrogen-bond acceptors (Lipinski definition) is 4. The first-order chi connectivity index (χ1) is 10.5. The predicted octanol–water partition coefficient (Wildman–Crippen LogP) is 3.92. The highest BCUT2D eigenvalue weighted by Gasteiger charge is 2.16. The summed E-state index contributed by atoms with van der Waals surface area (Å²) in [4.78, 5) is 5.08. The highest BCUT2D eigenvalue weighted by atomic mass is 32.2. The van der Waals surface area contributed by atoms with Crippen LogP contribution >= 0.6 is 11.3 Å². The quantitative estimate of drug-likeness (QED) is 0.789. The van der Waals surface area contributed by atoms with Crippen molar-refractivity contribution in [3.05, 3.63) is 65.8 Å². The maximum absolute atomic E-state index is 12.3. The first kappa shape index (κ1) is 14.7. The molecule has 2 heterocycles. The maximum atomic E-state index is 12.3. The zero-order valence-corrected chi connectivity index (χ0v) is 13.5. The molecule has 0 spiro atoms. The normalized spacial score (nSPS) is 11.3. The van der Waals surface area contributed by atoms with Crippen LogP contribution in [-0.2, 0) is 10.0 Å². The monoisotopic (exact) mass is 330 g/mol. The second-order valence-electron chi connectivity index (χ2n) is 4.80. The van der Waals surface area contributed by atoms with Crippen molar-refractivity contribution in [1.29, 1.82) is 0 Å². The molecule has 3 aromatic rings. The van der Waals surface area contributed by atoms with Crippen molar-refractivity contribution in [3.8, 4) is 11.1 Å². The lowest BCUT2D eigenvalue weighted by atomic mass is 10.1. The molecular formula is C16H14N2O2S2. The van der Waals surface area contributed by atoms with Gasteiger partial charge in [-0.15, -0.1) is 11.3 Å². The number of thiophene rings is 1. The number of pyridine rings is 1. The van der Waals surface area contributed by atoms with Gasteiger partial charge in [0.15, 0.2) is 0 Å². The summed E-state index contributed by atoms with van der Waals surface area (Å²) >= 11 is 1.24. The van der Waals surface area contributed by atoms with Crippen LogP contribution in [0.2, 0.25) is 0 Å². The van der Waals surface area contributed by atoms with Crippen molar-refractivity contribution in [2.75, 3.05) is 4.72 Å². The lowest BCUT2D eigenvalue weighted by molar-refractivity contribution is 0.603. The van der Waals surface area contributed by atoms with Crippen LogP contribution < -0.4 is 4.72 Å². The van der Waals surface area contributed by atoms with E-state index in [0.29, 0.717) is 9.90 Å². The Morgan fingerprint density at radius 3 is 2.45 bits per heavy atom. The number of aromatic nitrogens is 1. The Labute approximate surface area is 133 Å². The van der Waals surface area contributed by atoms with Gasteiger partial charge in [-0.05, 0) is 30.7 Å². The Hall–Kier alpha value is -2.18. The average molecular weight is 330 g/mol. The molecule has 0 bridgehead atoms. The molecule has 0 radical (unpaired) electrons. The van der Waals surface area contributed by atoms with Gasteiger partial charge in [-0.3, -0.25) is 9.71 Å². The van der Waals surface area contributed by atoms with Gasteiger partial charge in [0.2, 0.25) is 0 Å². The molecule has 0 amide bonds. The van der Waals surface area contributed by atoms with E-state index in [9.17, 15) is 8.42 Å². The third-order valence-electron chi connectivity index (χ3n) is 3.08. The number of benzene rings is 1. The van der Waals surface area contributed by atoms with Crippen LogP contribution in [0, 0.1) is 6.92 Å². The second-order valence-corrected chi connectivity index (χ2v) is 8.00. The molecule has 0 fully saturated rings. The number of hydrogen-bond donors (Lipinski definition) is 1. The van der Waals surface area contributed by atoms with Crippen LogP contribution in [0.1, 0.15) is 4.88 Å². The Morgan fingerprint density at radius 1 is 1.00 bits per heavy atom. The summed E-state index contributed by atoms with van der Waals surface area (Å²) in [5, 5.41) is 0. The SMILES string of the molecule is Cc1ccc(S(=O)(=O)Nc2cncc(-c3ccccc3)c2)s1. The molecule has 0 aliphatic carbocycles. The number of aryl methyl sites for hydroxylation is 1. The molecule has 6 heteroatoms. The van der Waals surface area contributed by atoms with Crippen LogP contribution in [0.15, 0.2) is 65.1 Å². The Morgan fingerprint density at radius 2 is 1.77 bits per heavy atom. The van der Waals surface area contributed by atoms with E-state index in [-0.39, 0.29) is 0 Å². The van der Waals surface area contributed by atoms with Crippen molar-refractivity contribution >= 4 is 27.0 Å². The van der Waals surface area contributed by atoms with E-state index in [0.717, 1.165) is 16.0 Å². The summed E-state index contributed by atoms with van der Waals surface area (Å²) in [6.45, 7) is 1.88. The van der Waals surface area contributed by atoms with Gasteiger partial charge in [0.05, 0.1) is 11.9 Å². The minimum absolute atomic E-state index is 0.301. The second kappa shape index (κ2) is 5.90. The molecule has 0 atom stereocenters. The smallest absolute Gasteiger partial charge is 0.271 e. The molecule has 0 saturated carbocycles. The first-order valence-corrected chi connectivity index (χ1v) is 8.94. The largest absolute Gasteiger partial charge is 0.277 e. The minimum Gasteiger partial charge on any atom is -0.277 e. The molecular weight excluding hydrogens is 316 g/mol. The van der Waals surface area contributed by atoms with Gasteiger partial charge >= 0.3 is 0 Å². The van der Waals surface area contributed by atoms with Gasteiger partial charge in [0, 0.05) is 16.6 Å². The highest BCUT2D eigenvalue weighted by Crippen LogP contribution is 2.25. The lowest BCUT2D eigenvalue weighted by Crippen LogP contribution is -2.11. The summed E-state index contributed by atoms with van der Waals surface area (Å²) in [5.41, 5.74) is 2.30. The Bertz CT molecular complexity index is 887. The maximum Gasteiger partial charge on any atom is 0.271 e. The zero-order chi connectivity index (χ0) is 15.6. The minimum atomic E-state index is -3.56. The topological polar surface area (TPSA) is 59.1 Å². The highest BCUT2D eigenvalue weighted by molar-refractivity contribution is 7.94. The third-order valence-corrected chi connectivity index (χ3v) is 5.95. The number of nitrogens with zero attached hydrogens (tertiary/aromatic N) is 1. The molecule has 22 heavy (non-hydrogen) atoms. The van der Waals surface area contributed by atoms with Gasteiger partial charge in [-0.1, -0.05) is 30.3 Å². The summed E-state index contributed by atoms with van der Waals surface area (Å²) in [6.07, 6.45) is 3.22. The van der Waals surface area contributed by atoms with E-state index in [2.05, 4.69) is 9.71 Å². The van der Waals surface area contributed by atoms with Crippen LogP contribution in [0.5, 0.6) is 0 Å². The van der Waals surface area contributed by atoms with Crippen molar-refractivity contribution in [1.82, 2.24) is 4.98 Å². The van der Waals surface area contributed by atoms with Crippen molar-refractivity contribution in [2.24, 2.45) is 0 Å². The van der Waals surface area contributed by atoms with Gasteiger partial charge in [-0.25, -0.2) is 8.42 Å². The van der Waals surface area contributed by atoms with E-state index in [4.69, 9.17) is 0 Å². The molecule has 0 unspecified atom stereocenters. The molecule has 4 nitrogen and oxygen atoms in total. The van der Waals surface area contributed by atoms with Gasteiger partial charge < -0.3 is 0 Å². The summed E-state index contributed by atoms with van der Waals surface area (Å²) in [7, 11) is -3.56. The lowest BCUT2D eigenvalue weighted by Gasteiger charge is -2.08. The standard InChI is InChI=1S/C16H14N2O2S2/c1-12-7-8-16(21-12)22(19,20)18-15-9-14(10-17-11-15)13-5-3-2-4-6-13/h2-11,18H,1H3. The molecule has 0 saturated heterocycles. The van der Waals surface area contributed by atoms with Crippen LogP contribution in [0.3, 0.4) is 0 Å². The van der Waals surface area contributed by atoms with E-state index >= 15 is 0 Å². The summed E-state index contributed by atoms with van der Waals surface area (Å²) in [5.74, 6) is 0. The molecule has 0 aliphatic heterocycles. The molecule has 0 aliphatic rings. The van der Waals surface area contributed by atoms with E-state index < -0.39 is 10.0 Å². The summed E-state index contributed by atoms with van der Waals surface area (Å²) in [6, 6.07) is 14.9. The Kier molecular flexibility index (Phi) is 3.96. The number of nitrogens with one attached hydrogen (secondary N) is 1. The summed E-state index contributed by atoms with van der Waals surface area (Å²) < 4.78 is 27.5. The third kappa shape index (κ3) is 3.18. The first-order valence-electron chi connectivity index (χ1n) is 6.64.